The number of carbonyl (C=O) groups excluding carboxylic acids is 1. The molecule has 4 nitrogen and oxygen atoms in total. The van der Waals surface area contributed by atoms with Gasteiger partial charge in [-0.1, -0.05) is 91.0 Å². The summed E-state index contributed by atoms with van der Waals surface area (Å²) >= 11 is 0. The maximum absolute atomic E-state index is 12.5. The van der Waals surface area contributed by atoms with Crippen molar-refractivity contribution in [2.24, 2.45) is 4.99 Å². The molecule has 0 spiro atoms. The number of carbonyl (C=O) groups is 1. The molecule has 0 unspecified atom stereocenters. The summed E-state index contributed by atoms with van der Waals surface area (Å²) in [5.41, 5.74) is 6.30. The Kier molecular flexibility index (Phi) is 7.74. The lowest BCUT2D eigenvalue weighted by molar-refractivity contribution is -0.154. The normalized spacial score (nSPS) is 11.1. The van der Waals surface area contributed by atoms with Crippen LogP contribution in [0.25, 0.3) is 11.3 Å². The molecule has 1 aromatic heterocycles. The molecule has 4 rings (SSSR count). The van der Waals surface area contributed by atoms with Crippen LogP contribution in [0, 0.1) is 6.92 Å². The molecule has 4 heteroatoms. The van der Waals surface area contributed by atoms with Gasteiger partial charge in [0.2, 0.25) is 0 Å². The number of hydrogen-bond acceptors (Lipinski definition) is 4. The SMILES string of the molecule is Cc1ccccc1-c1ccc(CCC(=O)OC(C)(C)C)c(N=C(c2ccccc2)c2ccccc2)n1. The van der Waals surface area contributed by atoms with Crippen molar-refractivity contribution < 1.29 is 9.53 Å². The topological polar surface area (TPSA) is 51.5 Å². The fourth-order valence-corrected chi connectivity index (χ4v) is 4.00. The minimum absolute atomic E-state index is 0.230. The molecule has 0 bridgehead atoms. The molecule has 182 valence electrons. The molecule has 1 heterocycles. The molecule has 0 aliphatic rings. The van der Waals surface area contributed by atoms with E-state index in [1.807, 2.05) is 81.4 Å². The van der Waals surface area contributed by atoms with Gasteiger partial charge in [0.05, 0.1) is 11.4 Å². The molecule has 4 aromatic rings. The van der Waals surface area contributed by atoms with Crippen molar-refractivity contribution >= 4 is 17.5 Å². The summed E-state index contributed by atoms with van der Waals surface area (Å²) < 4.78 is 5.53. The molecule has 0 radical (unpaired) electrons. The third-order valence-electron chi connectivity index (χ3n) is 5.71. The average Bonchev–Trinajstić information content (AvgIpc) is 2.87. The summed E-state index contributed by atoms with van der Waals surface area (Å²) in [5, 5.41) is 0. The van der Waals surface area contributed by atoms with Crippen molar-refractivity contribution in [3.8, 4) is 11.3 Å². The summed E-state index contributed by atoms with van der Waals surface area (Å²) in [6, 6.07) is 32.5. The minimum Gasteiger partial charge on any atom is -0.460 e. The van der Waals surface area contributed by atoms with Crippen molar-refractivity contribution in [2.75, 3.05) is 0 Å². The largest absolute Gasteiger partial charge is 0.460 e. The molecule has 0 saturated heterocycles. The first-order chi connectivity index (χ1) is 17.3. The highest BCUT2D eigenvalue weighted by atomic mass is 16.6. The molecule has 0 aliphatic heterocycles. The van der Waals surface area contributed by atoms with Crippen molar-refractivity contribution in [2.45, 2.75) is 46.1 Å². The van der Waals surface area contributed by atoms with Crippen LogP contribution in [0.15, 0.2) is 102 Å². The van der Waals surface area contributed by atoms with Gasteiger partial charge < -0.3 is 4.74 Å². The summed E-state index contributed by atoms with van der Waals surface area (Å²) in [6.07, 6.45) is 0.753. The highest BCUT2D eigenvalue weighted by molar-refractivity contribution is 6.13. The van der Waals surface area contributed by atoms with Crippen LogP contribution in [0.3, 0.4) is 0 Å². The number of hydrogen-bond donors (Lipinski definition) is 0. The van der Waals surface area contributed by atoms with E-state index >= 15 is 0 Å². The molecule has 36 heavy (non-hydrogen) atoms. The van der Waals surface area contributed by atoms with Crippen LogP contribution in [0.2, 0.25) is 0 Å². The molecular formula is C32H32N2O2. The molecule has 0 N–H and O–H groups in total. The van der Waals surface area contributed by atoms with Crippen LogP contribution in [-0.4, -0.2) is 22.3 Å². The fraction of sp³-hybridized carbons (Fsp3) is 0.219. The van der Waals surface area contributed by atoms with Gasteiger partial charge >= 0.3 is 5.97 Å². The van der Waals surface area contributed by atoms with E-state index in [0.29, 0.717) is 12.2 Å². The van der Waals surface area contributed by atoms with Crippen molar-refractivity contribution in [3.63, 3.8) is 0 Å². The van der Waals surface area contributed by atoms with Gasteiger partial charge in [0.1, 0.15) is 5.60 Å². The number of pyridine rings is 1. The van der Waals surface area contributed by atoms with Gasteiger partial charge in [0.15, 0.2) is 5.82 Å². The maximum Gasteiger partial charge on any atom is 0.306 e. The molecule has 0 saturated carbocycles. The third-order valence-corrected chi connectivity index (χ3v) is 5.71. The number of esters is 1. The Bertz CT molecular complexity index is 1310. The highest BCUT2D eigenvalue weighted by Crippen LogP contribution is 2.28. The molecule has 0 fully saturated rings. The van der Waals surface area contributed by atoms with Crippen LogP contribution < -0.4 is 0 Å². The van der Waals surface area contributed by atoms with E-state index in [2.05, 4.69) is 43.3 Å². The highest BCUT2D eigenvalue weighted by Gasteiger charge is 2.18. The van der Waals surface area contributed by atoms with Crippen molar-refractivity contribution in [1.29, 1.82) is 0 Å². The zero-order valence-corrected chi connectivity index (χ0v) is 21.4. The number of benzene rings is 3. The molecule has 3 aromatic carbocycles. The predicted octanol–water partition coefficient (Wildman–Crippen LogP) is 7.50. The second-order valence-electron chi connectivity index (χ2n) is 9.77. The Labute approximate surface area is 213 Å². The van der Waals surface area contributed by atoms with Crippen LogP contribution >= 0.6 is 0 Å². The molecule has 0 aliphatic carbocycles. The quantitative estimate of drug-likeness (QED) is 0.205. The van der Waals surface area contributed by atoms with Crippen LogP contribution in [0.1, 0.15) is 49.4 Å². The second-order valence-corrected chi connectivity index (χ2v) is 9.77. The standard InChI is InChI=1S/C32H32N2O2/c1-23-13-11-12-18-27(23)28-21-19-26(20-22-29(35)36-32(2,3)4)31(33-28)34-30(24-14-7-5-8-15-24)25-16-9-6-10-17-25/h5-19,21H,20,22H2,1-4H3. The van der Waals surface area contributed by atoms with E-state index in [-0.39, 0.29) is 12.4 Å². The van der Waals surface area contributed by atoms with E-state index < -0.39 is 5.60 Å². The second kappa shape index (κ2) is 11.1. The molecular weight excluding hydrogens is 444 g/mol. The first kappa shape index (κ1) is 25.1. The third kappa shape index (κ3) is 6.54. The van der Waals surface area contributed by atoms with Crippen LogP contribution in [0.5, 0.6) is 0 Å². The number of nitrogens with zero attached hydrogens (tertiary/aromatic N) is 2. The summed E-state index contributed by atoms with van der Waals surface area (Å²) in [4.78, 5) is 22.6. The predicted molar refractivity (Wildman–Crippen MR) is 147 cm³/mol. The minimum atomic E-state index is -0.515. The number of ether oxygens (including phenoxy) is 1. The van der Waals surface area contributed by atoms with E-state index in [9.17, 15) is 4.79 Å². The van der Waals surface area contributed by atoms with Crippen molar-refractivity contribution in [1.82, 2.24) is 4.98 Å². The Balaban J connectivity index is 1.81. The van der Waals surface area contributed by atoms with Crippen molar-refractivity contribution in [3.05, 3.63) is 119 Å². The summed E-state index contributed by atoms with van der Waals surface area (Å²) in [5.74, 6) is 0.383. The van der Waals surface area contributed by atoms with Gasteiger partial charge in [-0.2, -0.15) is 0 Å². The smallest absolute Gasteiger partial charge is 0.306 e. The number of aliphatic imine (C=N–C) groups is 1. The van der Waals surface area contributed by atoms with Gasteiger partial charge in [-0.3, -0.25) is 4.79 Å². The lowest BCUT2D eigenvalue weighted by Gasteiger charge is -2.19. The Hall–Kier alpha value is -4.05. The molecule has 0 atom stereocenters. The van der Waals surface area contributed by atoms with Gasteiger partial charge in [-0.15, -0.1) is 0 Å². The first-order valence-electron chi connectivity index (χ1n) is 12.3. The van der Waals surface area contributed by atoms with Gasteiger partial charge in [0.25, 0.3) is 0 Å². The number of aryl methyl sites for hydroxylation is 2. The summed E-state index contributed by atoms with van der Waals surface area (Å²) in [6.45, 7) is 7.72. The zero-order chi connectivity index (χ0) is 25.5. The van der Waals surface area contributed by atoms with Gasteiger partial charge in [-0.25, -0.2) is 9.98 Å². The van der Waals surface area contributed by atoms with Gasteiger partial charge in [0, 0.05) is 23.1 Å². The average molecular weight is 477 g/mol. The van der Waals surface area contributed by atoms with E-state index in [0.717, 1.165) is 39.2 Å². The van der Waals surface area contributed by atoms with E-state index in [1.54, 1.807) is 0 Å². The monoisotopic (exact) mass is 476 g/mol. The fourth-order valence-electron chi connectivity index (χ4n) is 4.00. The lowest BCUT2D eigenvalue weighted by atomic mass is 10.0. The van der Waals surface area contributed by atoms with E-state index in [4.69, 9.17) is 14.7 Å². The Morgan fingerprint density at radius 1 is 0.806 bits per heavy atom. The maximum atomic E-state index is 12.5. The van der Waals surface area contributed by atoms with Crippen LogP contribution in [-0.2, 0) is 16.0 Å². The Morgan fingerprint density at radius 3 is 1.97 bits per heavy atom. The lowest BCUT2D eigenvalue weighted by Crippen LogP contribution is -2.24. The number of aromatic nitrogens is 1. The zero-order valence-electron chi connectivity index (χ0n) is 21.4. The van der Waals surface area contributed by atoms with E-state index in [1.165, 1.54) is 0 Å². The number of rotatable bonds is 7. The molecule has 0 amide bonds. The van der Waals surface area contributed by atoms with Crippen LogP contribution in [0.4, 0.5) is 5.82 Å². The Morgan fingerprint density at radius 2 is 1.39 bits per heavy atom. The first-order valence-corrected chi connectivity index (χ1v) is 12.3. The summed E-state index contributed by atoms with van der Waals surface area (Å²) in [7, 11) is 0. The van der Waals surface area contributed by atoms with Gasteiger partial charge in [-0.05, 0) is 51.3 Å².